The van der Waals surface area contributed by atoms with Crippen LogP contribution in [0.4, 0.5) is 5.69 Å². The third-order valence-electron chi connectivity index (χ3n) is 3.19. The van der Waals surface area contributed by atoms with Crippen LogP contribution in [0.1, 0.15) is 10.6 Å². The Hall–Kier alpha value is -2.50. The van der Waals surface area contributed by atoms with E-state index in [9.17, 15) is 9.59 Å². The van der Waals surface area contributed by atoms with E-state index in [0.717, 1.165) is 5.39 Å². The van der Waals surface area contributed by atoms with Crippen LogP contribution in [0.25, 0.3) is 11.0 Å². The summed E-state index contributed by atoms with van der Waals surface area (Å²) in [7, 11) is 0. The van der Waals surface area contributed by atoms with Crippen molar-refractivity contribution in [2.75, 3.05) is 11.9 Å². The number of amides is 1. The molecular weight excluding hydrogens is 353 g/mol. The number of fused-ring (bicyclic) bond motifs is 1. The van der Waals surface area contributed by atoms with Crippen LogP contribution in [0.2, 0.25) is 10.0 Å². The minimum Gasteiger partial charge on any atom is -0.450 e. The number of rotatable bonds is 4. The summed E-state index contributed by atoms with van der Waals surface area (Å²) in [6.07, 6.45) is 0. The van der Waals surface area contributed by atoms with Gasteiger partial charge in [0.2, 0.25) is 5.76 Å². The molecule has 7 heteroatoms. The maximum absolute atomic E-state index is 12.0. The molecule has 122 valence electrons. The first-order chi connectivity index (χ1) is 11.5. The van der Waals surface area contributed by atoms with Gasteiger partial charge in [-0.2, -0.15) is 0 Å². The SMILES string of the molecule is O=C(COC(=O)c1cc2ccccc2o1)Nc1c(Cl)cccc1Cl. The summed E-state index contributed by atoms with van der Waals surface area (Å²) in [5.74, 6) is -1.26. The fourth-order valence-corrected chi connectivity index (χ4v) is 2.57. The van der Waals surface area contributed by atoms with Gasteiger partial charge in [0, 0.05) is 5.39 Å². The van der Waals surface area contributed by atoms with E-state index in [2.05, 4.69) is 5.32 Å². The number of furan rings is 1. The first-order valence-corrected chi connectivity index (χ1v) is 7.70. The third kappa shape index (κ3) is 3.53. The van der Waals surface area contributed by atoms with E-state index in [1.165, 1.54) is 0 Å². The zero-order valence-electron chi connectivity index (χ0n) is 12.2. The Bertz CT molecular complexity index is 867. The monoisotopic (exact) mass is 363 g/mol. The zero-order valence-corrected chi connectivity index (χ0v) is 13.7. The lowest BCUT2D eigenvalue weighted by atomic mass is 10.2. The number of hydrogen-bond donors (Lipinski definition) is 1. The second kappa shape index (κ2) is 6.95. The van der Waals surface area contributed by atoms with Gasteiger partial charge in [0.1, 0.15) is 5.58 Å². The van der Waals surface area contributed by atoms with E-state index in [1.807, 2.05) is 12.1 Å². The van der Waals surface area contributed by atoms with Gasteiger partial charge in [0.05, 0.1) is 15.7 Å². The van der Waals surface area contributed by atoms with Crippen LogP contribution in [0.5, 0.6) is 0 Å². The molecule has 24 heavy (non-hydrogen) atoms. The smallest absolute Gasteiger partial charge is 0.374 e. The topological polar surface area (TPSA) is 68.5 Å². The highest BCUT2D eigenvalue weighted by Gasteiger charge is 2.16. The first kappa shape index (κ1) is 16.4. The summed E-state index contributed by atoms with van der Waals surface area (Å²) >= 11 is 11.9. The zero-order chi connectivity index (χ0) is 17.1. The van der Waals surface area contributed by atoms with Crippen LogP contribution in [0.3, 0.4) is 0 Å². The molecule has 1 N–H and O–H groups in total. The average Bonchev–Trinajstić information content (AvgIpc) is 3.00. The maximum atomic E-state index is 12.0. The Morgan fingerprint density at radius 1 is 1.04 bits per heavy atom. The van der Waals surface area contributed by atoms with E-state index in [-0.39, 0.29) is 11.4 Å². The number of para-hydroxylation sites is 2. The highest BCUT2D eigenvalue weighted by atomic mass is 35.5. The van der Waals surface area contributed by atoms with E-state index < -0.39 is 18.5 Å². The Morgan fingerprint density at radius 2 is 1.75 bits per heavy atom. The predicted molar refractivity (Wildman–Crippen MR) is 91.6 cm³/mol. The van der Waals surface area contributed by atoms with Crippen molar-refractivity contribution in [1.82, 2.24) is 0 Å². The number of carbonyl (C=O) groups is 2. The molecule has 0 saturated heterocycles. The molecule has 3 rings (SSSR count). The second-order valence-electron chi connectivity index (χ2n) is 4.87. The summed E-state index contributed by atoms with van der Waals surface area (Å²) in [5.41, 5.74) is 0.836. The highest BCUT2D eigenvalue weighted by Crippen LogP contribution is 2.29. The molecule has 0 aliphatic rings. The van der Waals surface area contributed by atoms with Gasteiger partial charge in [-0.1, -0.05) is 47.5 Å². The molecule has 0 bridgehead atoms. The van der Waals surface area contributed by atoms with Crippen molar-refractivity contribution in [3.8, 4) is 0 Å². The molecule has 0 spiro atoms. The Kier molecular flexibility index (Phi) is 4.74. The van der Waals surface area contributed by atoms with Gasteiger partial charge < -0.3 is 14.5 Å². The minimum atomic E-state index is -0.730. The number of ether oxygens (including phenoxy) is 1. The number of anilines is 1. The Balaban J connectivity index is 1.62. The first-order valence-electron chi connectivity index (χ1n) is 6.94. The molecule has 0 radical (unpaired) electrons. The van der Waals surface area contributed by atoms with Crippen molar-refractivity contribution in [1.29, 1.82) is 0 Å². The molecule has 2 aromatic carbocycles. The van der Waals surface area contributed by atoms with Crippen LogP contribution < -0.4 is 5.32 Å². The molecular formula is C17H11Cl2NO4. The van der Waals surface area contributed by atoms with Gasteiger partial charge in [-0.15, -0.1) is 0 Å². The summed E-state index contributed by atoms with van der Waals surface area (Å²) < 4.78 is 10.3. The van der Waals surface area contributed by atoms with Crippen molar-refractivity contribution in [2.24, 2.45) is 0 Å². The summed E-state index contributed by atoms with van der Waals surface area (Å²) in [6, 6.07) is 13.5. The number of hydrogen-bond acceptors (Lipinski definition) is 4. The van der Waals surface area contributed by atoms with Gasteiger partial charge in [-0.25, -0.2) is 4.79 Å². The maximum Gasteiger partial charge on any atom is 0.374 e. The molecule has 0 aliphatic carbocycles. The number of esters is 1. The van der Waals surface area contributed by atoms with Gasteiger partial charge in [-0.05, 0) is 24.3 Å². The standard InChI is InChI=1S/C17H11Cl2NO4/c18-11-5-3-6-12(19)16(11)20-15(21)9-23-17(22)14-8-10-4-1-2-7-13(10)24-14/h1-8H,9H2,(H,20,21). The summed E-state index contributed by atoms with van der Waals surface area (Å²) in [5, 5.41) is 3.86. The van der Waals surface area contributed by atoms with Crippen molar-refractivity contribution in [3.05, 3.63) is 64.3 Å². The Morgan fingerprint density at radius 3 is 2.46 bits per heavy atom. The lowest BCUT2D eigenvalue weighted by Gasteiger charge is -2.09. The number of nitrogens with one attached hydrogen (secondary N) is 1. The molecule has 0 unspecified atom stereocenters. The van der Waals surface area contributed by atoms with Crippen LogP contribution in [0, 0.1) is 0 Å². The van der Waals surface area contributed by atoms with Crippen molar-refractivity contribution < 1.29 is 18.7 Å². The van der Waals surface area contributed by atoms with Crippen LogP contribution in [-0.4, -0.2) is 18.5 Å². The molecule has 1 heterocycles. The van der Waals surface area contributed by atoms with Crippen molar-refractivity contribution >= 4 is 51.7 Å². The molecule has 0 atom stereocenters. The predicted octanol–water partition coefficient (Wildman–Crippen LogP) is 4.54. The number of benzene rings is 2. The van der Waals surface area contributed by atoms with Gasteiger partial charge in [0.15, 0.2) is 6.61 Å². The quantitative estimate of drug-likeness (QED) is 0.691. The lowest BCUT2D eigenvalue weighted by Crippen LogP contribution is -2.21. The fourth-order valence-electron chi connectivity index (χ4n) is 2.08. The molecule has 1 amide bonds. The van der Waals surface area contributed by atoms with Gasteiger partial charge in [0.25, 0.3) is 5.91 Å². The van der Waals surface area contributed by atoms with Crippen molar-refractivity contribution in [3.63, 3.8) is 0 Å². The molecule has 5 nitrogen and oxygen atoms in total. The van der Waals surface area contributed by atoms with Crippen LogP contribution in [0.15, 0.2) is 52.9 Å². The normalized spacial score (nSPS) is 10.6. The molecule has 3 aromatic rings. The molecule has 0 saturated carbocycles. The summed E-state index contributed by atoms with van der Waals surface area (Å²) in [6.45, 7) is -0.489. The van der Waals surface area contributed by atoms with E-state index >= 15 is 0 Å². The van der Waals surface area contributed by atoms with E-state index in [4.69, 9.17) is 32.4 Å². The van der Waals surface area contributed by atoms with Crippen molar-refractivity contribution in [2.45, 2.75) is 0 Å². The Labute approximate surface area is 147 Å². The molecule has 1 aromatic heterocycles. The van der Waals surface area contributed by atoms with Crippen LogP contribution in [-0.2, 0) is 9.53 Å². The number of carbonyl (C=O) groups excluding carboxylic acids is 2. The minimum absolute atomic E-state index is 0.0276. The molecule has 0 aliphatic heterocycles. The third-order valence-corrected chi connectivity index (χ3v) is 3.82. The van der Waals surface area contributed by atoms with Gasteiger partial charge >= 0.3 is 5.97 Å². The summed E-state index contributed by atoms with van der Waals surface area (Å²) in [4.78, 5) is 23.8. The van der Waals surface area contributed by atoms with Gasteiger partial charge in [-0.3, -0.25) is 4.79 Å². The lowest BCUT2D eigenvalue weighted by molar-refractivity contribution is -0.119. The number of halogens is 2. The van der Waals surface area contributed by atoms with Crippen LogP contribution >= 0.6 is 23.2 Å². The molecule has 0 fully saturated rings. The largest absolute Gasteiger partial charge is 0.450 e. The van der Waals surface area contributed by atoms with E-state index in [1.54, 1.807) is 36.4 Å². The average molecular weight is 364 g/mol. The second-order valence-corrected chi connectivity index (χ2v) is 5.68. The van der Waals surface area contributed by atoms with E-state index in [0.29, 0.717) is 15.6 Å². The highest BCUT2D eigenvalue weighted by molar-refractivity contribution is 6.39. The fraction of sp³-hybridized carbons (Fsp3) is 0.0588.